The van der Waals surface area contributed by atoms with Gasteiger partial charge >= 0.3 is 0 Å². The average molecular weight is 300 g/mol. The highest BCUT2D eigenvalue weighted by Crippen LogP contribution is 2.20. The second kappa shape index (κ2) is 6.64. The van der Waals surface area contributed by atoms with Crippen molar-refractivity contribution in [2.45, 2.75) is 20.3 Å². The van der Waals surface area contributed by atoms with Crippen LogP contribution in [0.3, 0.4) is 0 Å². The number of hydrogen-bond donors (Lipinski definition) is 1. The summed E-state index contributed by atoms with van der Waals surface area (Å²) in [4.78, 5) is 13.9. The highest BCUT2D eigenvalue weighted by Gasteiger charge is 2.16. The summed E-state index contributed by atoms with van der Waals surface area (Å²) in [6.07, 6.45) is 0.909. The lowest BCUT2D eigenvalue weighted by Gasteiger charge is -2.21. The number of hydrogen-bond acceptors (Lipinski definition) is 2. The van der Waals surface area contributed by atoms with Crippen molar-refractivity contribution in [2.75, 3.05) is 18.4 Å². The smallest absolute Gasteiger partial charge is 0.257 e. The Bertz CT molecular complexity index is 393. The van der Waals surface area contributed by atoms with Crippen LogP contribution in [0.4, 0.5) is 0 Å². The molecule has 0 aliphatic rings. The number of benzene rings is 1. The molecule has 1 amide bonds. The highest BCUT2D eigenvalue weighted by molar-refractivity contribution is 9.09. The molecule has 0 unspecified atom stereocenters. The number of aryl methyl sites for hydroxylation is 1. The van der Waals surface area contributed by atoms with E-state index in [0.717, 1.165) is 17.3 Å². The van der Waals surface area contributed by atoms with E-state index in [1.54, 1.807) is 17.0 Å². The van der Waals surface area contributed by atoms with Crippen molar-refractivity contribution < 1.29 is 9.90 Å². The zero-order valence-electron chi connectivity index (χ0n) is 10.2. The van der Waals surface area contributed by atoms with E-state index in [1.165, 1.54) is 0 Å². The van der Waals surface area contributed by atoms with E-state index in [9.17, 15) is 9.90 Å². The fraction of sp³-hybridized carbons (Fsp3) is 0.462. The molecule has 1 rings (SSSR count). The fourth-order valence-corrected chi connectivity index (χ4v) is 1.90. The van der Waals surface area contributed by atoms with Crippen molar-refractivity contribution in [2.24, 2.45) is 0 Å². The topological polar surface area (TPSA) is 40.5 Å². The molecule has 0 aliphatic carbocycles. The van der Waals surface area contributed by atoms with Gasteiger partial charge < -0.3 is 10.0 Å². The Labute approximate surface area is 111 Å². The monoisotopic (exact) mass is 299 g/mol. The molecule has 4 heteroatoms. The molecule has 1 N–H and O–H groups in total. The number of rotatable bonds is 5. The van der Waals surface area contributed by atoms with Crippen LogP contribution in [0.1, 0.15) is 29.3 Å². The predicted octanol–water partition coefficient (Wildman–Crippen LogP) is 2.95. The first-order valence-electron chi connectivity index (χ1n) is 5.75. The number of aromatic hydroxyl groups is 1. The second-order valence-electron chi connectivity index (χ2n) is 3.95. The van der Waals surface area contributed by atoms with Gasteiger partial charge in [-0.25, -0.2) is 0 Å². The van der Waals surface area contributed by atoms with E-state index >= 15 is 0 Å². The van der Waals surface area contributed by atoms with Gasteiger partial charge in [-0.2, -0.15) is 0 Å². The van der Waals surface area contributed by atoms with E-state index in [4.69, 9.17) is 0 Å². The number of carbonyl (C=O) groups excluding carboxylic acids is 1. The largest absolute Gasteiger partial charge is 0.507 e. The molecule has 0 saturated heterocycles. The van der Waals surface area contributed by atoms with Crippen LogP contribution < -0.4 is 0 Å². The van der Waals surface area contributed by atoms with Crippen LogP contribution in [-0.4, -0.2) is 34.3 Å². The normalized spacial score (nSPS) is 10.3. The molecule has 94 valence electrons. The lowest BCUT2D eigenvalue weighted by molar-refractivity contribution is 0.0762. The van der Waals surface area contributed by atoms with Crippen LogP contribution in [0.25, 0.3) is 0 Å². The molecule has 1 aromatic rings. The number of amides is 1. The fourth-order valence-electron chi connectivity index (χ4n) is 1.65. The predicted molar refractivity (Wildman–Crippen MR) is 72.8 cm³/mol. The van der Waals surface area contributed by atoms with E-state index < -0.39 is 0 Å². The van der Waals surface area contributed by atoms with Crippen LogP contribution in [0.5, 0.6) is 5.75 Å². The van der Waals surface area contributed by atoms with E-state index in [0.29, 0.717) is 18.7 Å². The number of halogens is 1. The summed E-state index contributed by atoms with van der Waals surface area (Å²) < 4.78 is 0. The molecule has 0 aromatic heterocycles. The quantitative estimate of drug-likeness (QED) is 0.849. The molecule has 0 atom stereocenters. The van der Waals surface area contributed by atoms with Gasteiger partial charge in [0.1, 0.15) is 5.75 Å². The molecule has 1 aromatic carbocycles. The molecule has 0 fully saturated rings. The Morgan fingerprint density at radius 2 is 2.18 bits per heavy atom. The number of nitrogens with zero attached hydrogens (tertiary/aromatic N) is 1. The van der Waals surface area contributed by atoms with Gasteiger partial charge in [0.2, 0.25) is 0 Å². The van der Waals surface area contributed by atoms with Crippen LogP contribution >= 0.6 is 15.9 Å². The summed E-state index contributed by atoms with van der Waals surface area (Å²) in [6.45, 7) is 5.18. The minimum Gasteiger partial charge on any atom is -0.507 e. The number of phenols is 1. The Kier molecular flexibility index (Phi) is 5.48. The lowest BCUT2D eigenvalue weighted by atomic mass is 10.1. The van der Waals surface area contributed by atoms with Gasteiger partial charge in [0.25, 0.3) is 5.91 Å². The lowest BCUT2D eigenvalue weighted by Crippen LogP contribution is -2.32. The minimum atomic E-state index is -0.106. The summed E-state index contributed by atoms with van der Waals surface area (Å²) in [6, 6.07) is 5.14. The first kappa shape index (κ1) is 14.0. The van der Waals surface area contributed by atoms with Crippen molar-refractivity contribution >= 4 is 21.8 Å². The maximum atomic E-state index is 12.2. The first-order valence-corrected chi connectivity index (χ1v) is 6.87. The molecule has 0 aliphatic heterocycles. The van der Waals surface area contributed by atoms with Gasteiger partial charge in [0.15, 0.2) is 0 Å². The SMILES string of the molecule is CCN(CCCBr)C(=O)c1ccc(C)cc1O. The van der Waals surface area contributed by atoms with E-state index in [-0.39, 0.29) is 11.7 Å². The Balaban J connectivity index is 2.86. The van der Waals surface area contributed by atoms with Gasteiger partial charge in [0, 0.05) is 18.4 Å². The van der Waals surface area contributed by atoms with Gasteiger partial charge in [-0.05, 0) is 38.0 Å². The minimum absolute atomic E-state index is 0.0623. The van der Waals surface area contributed by atoms with Crippen LogP contribution in [0.15, 0.2) is 18.2 Å². The van der Waals surface area contributed by atoms with Crippen molar-refractivity contribution in [3.05, 3.63) is 29.3 Å². The number of phenolic OH excluding ortho intramolecular Hbond substituents is 1. The standard InChI is InChI=1S/C13H18BrNO2/c1-3-15(8-4-7-14)13(17)11-6-5-10(2)9-12(11)16/h5-6,9,16H,3-4,7-8H2,1-2H3. The van der Waals surface area contributed by atoms with E-state index in [2.05, 4.69) is 15.9 Å². The van der Waals surface area contributed by atoms with Crippen molar-refractivity contribution in [3.63, 3.8) is 0 Å². The third-order valence-electron chi connectivity index (χ3n) is 2.61. The summed E-state index contributed by atoms with van der Waals surface area (Å²) >= 11 is 3.35. The zero-order valence-corrected chi connectivity index (χ0v) is 11.8. The molecule has 0 spiro atoms. The van der Waals surface area contributed by atoms with Crippen LogP contribution in [0.2, 0.25) is 0 Å². The van der Waals surface area contributed by atoms with Crippen molar-refractivity contribution in [1.82, 2.24) is 4.90 Å². The van der Waals surface area contributed by atoms with Crippen molar-refractivity contribution in [1.29, 1.82) is 0 Å². The third kappa shape index (κ3) is 3.73. The summed E-state index contributed by atoms with van der Waals surface area (Å²) in [5.41, 5.74) is 1.33. The summed E-state index contributed by atoms with van der Waals surface area (Å²) in [5, 5.41) is 10.6. The first-order chi connectivity index (χ1) is 8.10. The van der Waals surface area contributed by atoms with Gasteiger partial charge in [-0.15, -0.1) is 0 Å². The molecule has 0 radical (unpaired) electrons. The summed E-state index contributed by atoms with van der Waals surface area (Å²) in [5.74, 6) is -0.0433. The molecule has 17 heavy (non-hydrogen) atoms. The second-order valence-corrected chi connectivity index (χ2v) is 4.74. The molecule has 3 nitrogen and oxygen atoms in total. The molecule has 0 heterocycles. The number of alkyl halides is 1. The molecule has 0 bridgehead atoms. The van der Waals surface area contributed by atoms with Gasteiger partial charge in [-0.1, -0.05) is 22.0 Å². The molecular formula is C13H18BrNO2. The van der Waals surface area contributed by atoms with Crippen molar-refractivity contribution in [3.8, 4) is 5.75 Å². The highest BCUT2D eigenvalue weighted by atomic mass is 79.9. The Morgan fingerprint density at radius 3 is 2.71 bits per heavy atom. The van der Waals surface area contributed by atoms with Gasteiger partial charge in [0.05, 0.1) is 5.56 Å². The number of carbonyl (C=O) groups is 1. The third-order valence-corrected chi connectivity index (χ3v) is 3.17. The van der Waals surface area contributed by atoms with E-state index in [1.807, 2.05) is 19.9 Å². The zero-order chi connectivity index (χ0) is 12.8. The maximum Gasteiger partial charge on any atom is 0.257 e. The van der Waals surface area contributed by atoms with Crippen LogP contribution in [0, 0.1) is 6.92 Å². The summed E-state index contributed by atoms with van der Waals surface area (Å²) in [7, 11) is 0. The average Bonchev–Trinajstić information content (AvgIpc) is 2.29. The molecule has 0 saturated carbocycles. The Morgan fingerprint density at radius 1 is 1.47 bits per heavy atom. The Hall–Kier alpha value is -1.03. The molecular weight excluding hydrogens is 282 g/mol. The van der Waals surface area contributed by atoms with Gasteiger partial charge in [-0.3, -0.25) is 4.79 Å². The maximum absolute atomic E-state index is 12.2. The van der Waals surface area contributed by atoms with Crippen LogP contribution in [-0.2, 0) is 0 Å².